The van der Waals surface area contributed by atoms with Crippen molar-refractivity contribution in [1.29, 1.82) is 0 Å². The van der Waals surface area contributed by atoms with Crippen molar-refractivity contribution < 1.29 is 0 Å². The summed E-state index contributed by atoms with van der Waals surface area (Å²) in [5.74, 6) is 6.33. The molecule has 104 valence electrons. The molecule has 0 N–H and O–H groups in total. The summed E-state index contributed by atoms with van der Waals surface area (Å²) in [6.07, 6.45) is 10.6. The lowest BCUT2D eigenvalue weighted by Crippen LogP contribution is -2.58. The fraction of sp³-hybridized carbons (Fsp3) is 1.00. The molecule has 0 aliphatic heterocycles. The first-order valence-corrected chi connectivity index (χ1v) is 9.36. The molecule has 0 aromatic carbocycles. The van der Waals surface area contributed by atoms with Crippen molar-refractivity contribution in [1.82, 2.24) is 0 Å². The van der Waals surface area contributed by atoms with E-state index in [4.69, 9.17) is 0 Å². The topological polar surface area (TPSA) is 0 Å². The van der Waals surface area contributed by atoms with Crippen molar-refractivity contribution in [3.8, 4) is 0 Å². The van der Waals surface area contributed by atoms with Crippen molar-refractivity contribution >= 4 is 22.6 Å². The van der Waals surface area contributed by atoms with Gasteiger partial charge in [0, 0.05) is 3.42 Å². The summed E-state index contributed by atoms with van der Waals surface area (Å²) in [4.78, 5) is 0. The van der Waals surface area contributed by atoms with Crippen LogP contribution in [0.1, 0.15) is 65.7 Å². The highest BCUT2D eigenvalue weighted by atomic mass is 127. The van der Waals surface area contributed by atoms with E-state index in [9.17, 15) is 0 Å². The lowest BCUT2D eigenvalue weighted by molar-refractivity contribution is -0.0487. The van der Waals surface area contributed by atoms with Crippen LogP contribution in [0.5, 0.6) is 0 Å². The molecule has 3 rings (SSSR count). The van der Waals surface area contributed by atoms with Crippen molar-refractivity contribution in [2.24, 2.45) is 35.5 Å². The van der Waals surface area contributed by atoms with Gasteiger partial charge in [0.25, 0.3) is 0 Å². The Labute approximate surface area is 127 Å². The van der Waals surface area contributed by atoms with Gasteiger partial charge in [-0.3, -0.25) is 0 Å². The van der Waals surface area contributed by atoms with Gasteiger partial charge in [-0.1, -0.05) is 56.2 Å². The maximum absolute atomic E-state index is 2.88. The van der Waals surface area contributed by atoms with Gasteiger partial charge in [0.05, 0.1) is 0 Å². The fourth-order valence-corrected chi connectivity index (χ4v) is 7.45. The van der Waals surface area contributed by atoms with Crippen LogP contribution in [0.3, 0.4) is 0 Å². The third-order valence-electron chi connectivity index (χ3n) is 6.91. The molecule has 0 radical (unpaired) electrons. The van der Waals surface area contributed by atoms with E-state index in [0.29, 0.717) is 3.42 Å². The molecule has 0 saturated heterocycles. The van der Waals surface area contributed by atoms with E-state index in [2.05, 4.69) is 43.4 Å². The van der Waals surface area contributed by atoms with Gasteiger partial charge in [-0.25, -0.2) is 0 Å². The third kappa shape index (κ3) is 1.90. The first kappa shape index (κ1) is 13.7. The zero-order chi connectivity index (χ0) is 12.9. The van der Waals surface area contributed by atoms with Crippen molar-refractivity contribution in [3.05, 3.63) is 0 Å². The Morgan fingerprint density at radius 3 is 2.44 bits per heavy atom. The van der Waals surface area contributed by atoms with E-state index >= 15 is 0 Å². The van der Waals surface area contributed by atoms with Gasteiger partial charge in [-0.2, -0.15) is 0 Å². The number of rotatable bonds is 2. The molecule has 0 amide bonds. The van der Waals surface area contributed by atoms with Crippen LogP contribution in [-0.2, 0) is 0 Å². The largest absolute Gasteiger partial charge is 0.0783 e. The number of hydrogen-bond acceptors (Lipinski definition) is 0. The van der Waals surface area contributed by atoms with Gasteiger partial charge in [0.2, 0.25) is 0 Å². The van der Waals surface area contributed by atoms with Gasteiger partial charge in [-0.05, 0) is 67.6 Å². The Hall–Kier alpha value is 0.730. The second-order valence-electron chi connectivity index (χ2n) is 7.45. The molecule has 3 saturated carbocycles. The van der Waals surface area contributed by atoms with E-state index in [0.717, 1.165) is 35.5 Å². The molecule has 0 aromatic rings. The Morgan fingerprint density at radius 1 is 1.11 bits per heavy atom. The highest BCUT2D eigenvalue weighted by molar-refractivity contribution is 14.1. The Bertz CT molecular complexity index is 313. The van der Waals surface area contributed by atoms with Gasteiger partial charge >= 0.3 is 0 Å². The average molecular weight is 360 g/mol. The molecule has 3 fully saturated rings. The van der Waals surface area contributed by atoms with Crippen LogP contribution in [-0.4, -0.2) is 3.42 Å². The highest BCUT2D eigenvalue weighted by Gasteiger charge is 2.58. The number of alkyl halides is 1. The molecule has 0 bridgehead atoms. The molecule has 0 aromatic heterocycles. The van der Waals surface area contributed by atoms with Crippen LogP contribution in [0, 0.1) is 35.5 Å². The smallest absolute Gasteiger partial charge is 0.0281 e. The minimum absolute atomic E-state index is 0.715. The molecule has 18 heavy (non-hydrogen) atoms. The second kappa shape index (κ2) is 4.93. The molecule has 7 atom stereocenters. The Balaban J connectivity index is 1.80. The molecular formula is C17H29I. The van der Waals surface area contributed by atoms with Crippen LogP contribution < -0.4 is 0 Å². The minimum atomic E-state index is 0.715. The number of fused-ring (bicyclic) bond motifs is 3. The first-order valence-electron chi connectivity index (χ1n) is 8.29. The quantitative estimate of drug-likeness (QED) is 0.438. The zero-order valence-electron chi connectivity index (χ0n) is 12.3. The molecular weight excluding hydrogens is 331 g/mol. The average Bonchev–Trinajstić information content (AvgIpc) is 2.34. The summed E-state index contributed by atoms with van der Waals surface area (Å²) in [5, 5.41) is 0. The van der Waals surface area contributed by atoms with Crippen LogP contribution in [0.2, 0.25) is 0 Å². The Kier molecular flexibility index (Phi) is 3.75. The van der Waals surface area contributed by atoms with E-state index in [-0.39, 0.29) is 0 Å². The molecule has 3 aliphatic rings. The molecule has 0 spiro atoms. The first-order chi connectivity index (χ1) is 8.60. The SMILES string of the molecule is CCC1CC2CC(CC)C3(I)CCC3C2C[C@@H]1C. The summed E-state index contributed by atoms with van der Waals surface area (Å²) in [7, 11) is 0. The van der Waals surface area contributed by atoms with Gasteiger partial charge in [0.15, 0.2) is 0 Å². The van der Waals surface area contributed by atoms with Crippen LogP contribution in [0.15, 0.2) is 0 Å². The lowest BCUT2D eigenvalue weighted by Gasteiger charge is -2.62. The predicted octanol–water partition coefficient (Wildman–Crippen LogP) is 5.69. The van der Waals surface area contributed by atoms with Crippen molar-refractivity contribution in [2.45, 2.75) is 69.1 Å². The maximum Gasteiger partial charge on any atom is 0.0281 e. The summed E-state index contributed by atoms with van der Waals surface area (Å²) in [5.41, 5.74) is 0. The highest BCUT2D eigenvalue weighted by Crippen LogP contribution is 2.65. The van der Waals surface area contributed by atoms with E-state index in [1.54, 1.807) is 25.7 Å². The van der Waals surface area contributed by atoms with Crippen LogP contribution in [0.4, 0.5) is 0 Å². The Morgan fingerprint density at radius 2 is 1.89 bits per heavy atom. The van der Waals surface area contributed by atoms with Gasteiger partial charge < -0.3 is 0 Å². The molecule has 6 unspecified atom stereocenters. The fourth-order valence-electron chi connectivity index (χ4n) is 5.67. The maximum atomic E-state index is 2.88. The monoisotopic (exact) mass is 360 g/mol. The van der Waals surface area contributed by atoms with Gasteiger partial charge in [0.1, 0.15) is 0 Å². The zero-order valence-corrected chi connectivity index (χ0v) is 14.4. The summed E-state index contributed by atoms with van der Waals surface area (Å²) in [6.45, 7) is 7.38. The van der Waals surface area contributed by atoms with Crippen molar-refractivity contribution in [2.75, 3.05) is 0 Å². The van der Waals surface area contributed by atoms with Crippen LogP contribution in [0.25, 0.3) is 0 Å². The molecule has 3 aliphatic carbocycles. The van der Waals surface area contributed by atoms with E-state index in [1.807, 2.05) is 0 Å². The van der Waals surface area contributed by atoms with E-state index in [1.165, 1.54) is 19.3 Å². The third-order valence-corrected chi connectivity index (χ3v) is 9.13. The number of halogens is 1. The summed E-state index contributed by atoms with van der Waals surface area (Å²) < 4.78 is 0.715. The van der Waals surface area contributed by atoms with Gasteiger partial charge in [-0.15, -0.1) is 0 Å². The minimum Gasteiger partial charge on any atom is -0.0783 e. The predicted molar refractivity (Wildman–Crippen MR) is 87.0 cm³/mol. The molecule has 0 heterocycles. The molecule has 0 nitrogen and oxygen atoms in total. The summed E-state index contributed by atoms with van der Waals surface area (Å²) in [6, 6.07) is 0. The standard InChI is InChI=1S/C17H29I/c1-4-12-9-13-10-14(5-2)17(18)7-6-16(17)15(13)8-11(12)3/h11-16H,4-10H2,1-3H3/t11-,12?,13?,14?,15?,16?,17?/m0/s1. The lowest BCUT2D eigenvalue weighted by atomic mass is 9.48. The summed E-state index contributed by atoms with van der Waals surface area (Å²) >= 11 is 2.88. The molecule has 1 heteroatoms. The normalized spacial score (nSPS) is 55.3. The van der Waals surface area contributed by atoms with E-state index < -0.39 is 0 Å². The van der Waals surface area contributed by atoms with Crippen molar-refractivity contribution in [3.63, 3.8) is 0 Å². The van der Waals surface area contributed by atoms with Crippen LogP contribution >= 0.6 is 22.6 Å². The number of hydrogen-bond donors (Lipinski definition) is 0. The second-order valence-corrected chi connectivity index (χ2v) is 9.46.